The fourth-order valence-electron chi connectivity index (χ4n) is 2.07. The molecule has 0 atom stereocenters. The van der Waals surface area contributed by atoms with Crippen molar-refractivity contribution in [2.75, 3.05) is 28.2 Å². The van der Waals surface area contributed by atoms with E-state index in [-0.39, 0.29) is 0 Å². The largest absolute Gasteiger partial charge is 0.382 e. The molecule has 0 fully saturated rings. The summed E-state index contributed by atoms with van der Waals surface area (Å²) in [6, 6.07) is 8.21. The number of aryl methyl sites for hydroxylation is 1. The second-order valence-electron chi connectivity index (χ2n) is 4.50. The van der Waals surface area contributed by atoms with Crippen LogP contribution in [0.5, 0.6) is 0 Å². The van der Waals surface area contributed by atoms with Crippen LogP contribution >= 0.6 is 0 Å². The topological polar surface area (TPSA) is 28.0 Å². The fraction of sp³-hybridized carbons (Fsp3) is 0.417. The van der Waals surface area contributed by atoms with Crippen molar-refractivity contribution < 1.29 is 9.26 Å². The zero-order chi connectivity index (χ0) is 12.6. The summed E-state index contributed by atoms with van der Waals surface area (Å²) in [5, 5.41) is 4.55. The van der Waals surface area contributed by atoms with Crippen LogP contribution in [-0.2, 0) is 7.05 Å². The van der Waals surface area contributed by atoms with Crippen molar-refractivity contribution in [3.05, 3.63) is 24.3 Å². The highest BCUT2D eigenvalue weighted by atomic mass is 15.6. The molecule has 0 aliphatic heterocycles. The van der Waals surface area contributed by atoms with E-state index >= 15 is 0 Å². The predicted molar refractivity (Wildman–Crippen MR) is 67.1 cm³/mol. The lowest BCUT2D eigenvalue weighted by Gasteiger charge is -2.09. The summed E-state index contributed by atoms with van der Waals surface area (Å²) in [7, 11) is 10.0. The quantitative estimate of drug-likeness (QED) is 0.361. The average molecular weight is 233 g/mol. The van der Waals surface area contributed by atoms with E-state index in [1.807, 2.05) is 56.7 Å². The van der Waals surface area contributed by atoms with Gasteiger partial charge in [-0.1, -0.05) is 16.8 Å². The first-order chi connectivity index (χ1) is 8.02. The monoisotopic (exact) mass is 233 g/mol. The summed E-state index contributed by atoms with van der Waals surface area (Å²) in [5.74, 6) is 1.03. The van der Waals surface area contributed by atoms with Crippen molar-refractivity contribution in [2.45, 2.75) is 0 Å². The first-order valence-electron chi connectivity index (χ1n) is 5.58. The molecule has 1 heterocycles. The average Bonchev–Trinajstić information content (AvgIpc) is 2.56. The molecule has 0 N–H and O–H groups in total. The van der Waals surface area contributed by atoms with E-state index in [1.54, 1.807) is 0 Å². The SMILES string of the molecule is CN(C)C(n1n[n+](C)c2ccccc21)=[N+](C)C. The first-order valence-corrected chi connectivity index (χ1v) is 5.58. The Balaban J connectivity index is 2.76. The van der Waals surface area contributed by atoms with E-state index < -0.39 is 0 Å². The number of fused-ring (bicyclic) bond motifs is 1. The van der Waals surface area contributed by atoms with Crippen LogP contribution in [-0.4, -0.2) is 53.5 Å². The van der Waals surface area contributed by atoms with Gasteiger partial charge in [-0.15, -0.1) is 4.68 Å². The lowest BCUT2D eigenvalue weighted by molar-refractivity contribution is -0.708. The molecule has 2 rings (SSSR count). The number of benzene rings is 1. The summed E-state index contributed by atoms with van der Waals surface area (Å²) in [4.78, 5) is 2.06. The van der Waals surface area contributed by atoms with E-state index in [2.05, 4.69) is 26.8 Å². The molecule has 0 spiro atoms. The molecule has 0 saturated heterocycles. The Labute approximate surface area is 101 Å². The van der Waals surface area contributed by atoms with E-state index in [4.69, 9.17) is 0 Å². The van der Waals surface area contributed by atoms with Gasteiger partial charge in [-0.25, -0.2) is 0 Å². The van der Waals surface area contributed by atoms with Crippen molar-refractivity contribution in [1.29, 1.82) is 0 Å². The third kappa shape index (κ3) is 1.88. The molecule has 90 valence electrons. The second-order valence-corrected chi connectivity index (χ2v) is 4.50. The van der Waals surface area contributed by atoms with Gasteiger partial charge in [0.05, 0.1) is 33.4 Å². The molecule has 0 aliphatic rings. The molecule has 0 unspecified atom stereocenters. The molecule has 0 aliphatic carbocycles. The zero-order valence-corrected chi connectivity index (χ0v) is 11.0. The van der Waals surface area contributed by atoms with Crippen LogP contribution in [0.2, 0.25) is 0 Å². The van der Waals surface area contributed by atoms with Crippen LogP contribution in [0.25, 0.3) is 11.0 Å². The lowest BCUT2D eigenvalue weighted by Crippen LogP contribution is -2.40. The van der Waals surface area contributed by atoms with Gasteiger partial charge in [-0.2, -0.15) is 0 Å². The van der Waals surface area contributed by atoms with E-state index in [0.717, 1.165) is 17.0 Å². The Hall–Kier alpha value is -1.91. The highest BCUT2D eigenvalue weighted by molar-refractivity contribution is 5.86. The third-order valence-electron chi connectivity index (χ3n) is 2.67. The predicted octanol–water partition coefficient (Wildman–Crippen LogP) is -0.101. The minimum absolute atomic E-state index is 1.03. The molecular formula is C12H19N5+2. The number of hydrogen-bond donors (Lipinski definition) is 0. The molecule has 17 heavy (non-hydrogen) atoms. The van der Waals surface area contributed by atoms with Crippen molar-refractivity contribution in [2.24, 2.45) is 7.05 Å². The van der Waals surface area contributed by atoms with E-state index in [0.29, 0.717) is 0 Å². The summed E-state index contributed by atoms with van der Waals surface area (Å²) in [6.07, 6.45) is 0. The van der Waals surface area contributed by atoms with Crippen LogP contribution < -0.4 is 4.68 Å². The third-order valence-corrected chi connectivity index (χ3v) is 2.67. The van der Waals surface area contributed by atoms with Crippen LogP contribution in [0.3, 0.4) is 0 Å². The van der Waals surface area contributed by atoms with Crippen LogP contribution in [0.15, 0.2) is 24.3 Å². The number of rotatable bonds is 0. The van der Waals surface area contributed by atoms with Gasteiger partial charge in [0.1, 0.15) is 7.05 Å². The molecular weight excluding hydrogens is 214 g/mol. The smallest absolute Gasteiger partial charge is 0.268 e. The van der Waals surface area contributed by atoms with E-state index in [1.165, 1.54) is 0 Å². The standard InChI is InChI=1S/C12H19N5/c1-14(2)12(15(3)4)17-11-9-7-6-8-10(11)16(5)13-17/h6-9H,1-5H3/q+2. The van der Waals surface area contributed by atoms with Gasteiger partial charge in [-0.05, 0) is 12.1 Å². The minimum Gasteiger partial charge on any atom is -0.268 e. The van der Waals surface area contributed by atoms with Gasteiger partial charge in [0.25, 0.3) is 0 Å². The molecule has 0 saturated carbocycles. The number of aromatic nitrogens is 3. The lowest BCUT2D eigenvalue weighted by atomic mass is 10.3. The maximum Gasteiger partial charge on any atom is 0.382 e. The van der Waals surface area contributed by atoms with Gasteiger partial charge >= 0.3 is 5.96 Å². The van der Waals surface area contributed by atoms with Crippen molar-refractivity contribution in [3.8, 4) is 0 Å². The number of hydrogen-bond acceptors (Lipinski definition) is 1. The van der Waals surface area contributed by atoms with Crippen molar-refractivity contribution in [3.63, 3.8) is 0 Å². The van der Waals surface area contributed by atoms with Crippen LogP contribution in [0.1, 0.15) is 0 Å². The highest BCUT2D eigenvalue weighted by Gasteiger charge is 2.23. The van der Waals surface area contributed by atoms with E-state index in [9.17, 15) is 0 Å². The molecule has 0 radical (unpaired) electrons. The van der Waals surface area contributed by atoms with Crippen LogP contribution in [0.4, 0.5) is 0 Å². The molecule has 1 aromatic heterocycles. The second kappa shape index (κ2) is 4.16. The molecule has 5 heteroatoms. The molecule has 2 aromatic rings. The van der Waals surface area contributed by atoms with Crippen molar-refractivity contribution in [1.82, 2.24) is 14.8 Å². The fourth-order valence-corrected chi connectivity index (χ4v) is 2.07. The normalized spacial score (nSPS) is 10.6. The van der Waals surface area contributed by atoms with Gasteiger partial charge in [-0.3, -0.25) is 9.48 Å². The van der Waals surface area contributed by atoms with Gasteiger partial charge in [0, 0.05) is 0 Å². The summed E-state index contributed by atoms with van der Waals surface area (Å²) in [6.45, 7) is 0. The maximum absolute atomic E-state index is 4.55. The van der Waals surface area contributed by atoms with Crippen LogP contribution in [0, 0.1) is 0 Å². The summed E-state index contributed by atoms with van der Waals surface area (Å²) in [5.41, 5.74) is 2.22. The van der Waals surface area contributed by atoms with Crippen molar-refractivity contribution >= 4 is 17.0 Å². The molecule has 5 nitrogen and oxygen atoms in total. The Morgan fingerprint density at radius 2 is 1.94 bits per heavy atom. The molecule has 0 bridgehead atoms. The number of nitrogens with zero attached hydrogens (tertiary/aromatic N) is 5. The highest BCUT2D eigenvalue weighted by Crippen LogP contribution is 2.08. The Morgan fingerprint density at radius 3 is 2.53 bits per heavy atom. The van der Waals surface area contributed by atoms with Gasteiger partial charge < -0.3 is 0 Å². The number of para-hydroxylation sites is 2. The molecule has 1 aromatic carbocycles. The maximum atomic E-state index is 4.55. The molecule has 0 amide bonds. The van der Waals surface area contributed by atoms with Gasteiger partial charge in [0.2, 0.25) is 0 Å². The minimum atomic E-state index is 1.03. The zero-order valence-electron chi connectivity index (χ0n) is 11.0. The summed E-state index contributed by atoms with van der Waals surface area (Å²) >= 11 is 0. The first kappa shape index (κ1) is 11.6. The summed E-state index contributed by atoms with van der Waals surface area (Å²) < 4.78 is 5.90. The Bertz CT molecular complexity index is 576. The van der Waals surface area contributed by atoms with Gasteiger partial charge in [0.15, 0.2) is 11.0 Å². The Kier molecular flexibility index (Phi) is 2.83. The Morgan fingerprint density at radius 1 is 1.29 bits per heavy atom.